The number of nitrogen functional groups attached to an aromatic ring is 1. The van der Waals surface area contributed by atoms with Crippen LogP contribution in [0.25, 0.3) is 11.2 Å². The molecule has 0 aromatic carbocycles. The van der Waals surface area contributed by atoms with E-state index in [1.807, 2.05) is 0 Å². The van der Waals surface area contributed by atoms with Crippen LogP contribution in [0.3, 0.4) is 0 Å². The van der Waals surface area contributed by atoms with Gasteiger partial charge in [0.05, 0.1) is 0 Å². The fourth-order valence-electron chi connectivity index (χ4n) is 2.24. The number of hydrogen-bond acceptors (Lipinski definition) is 7. The molecule has 1 aliphatic rings. The van der Waals surface area contributed by atoms with Crippen LogP contribution in [0.5, 0.6) is 0 Å². The van der Waals surface area contributed by atoms with Crippen molar-refractivity contribution in [3.05, 3.63) is 10.5 Å². The average molecular weight is 612 g/mol. The van der Waals surface area contributed by atoms with Crippen molar-refractivity contribution in [3.63, 3.8) is 0 Å². The summed E-state index contributed by atoms with van der Waals surface area (Å²) in [6.45, 7) is -0.391. The number of rotatable bonds is 2. The number of nitrogens with zero attached hydrogens (tertiary/aromatic N) is 3. The number of nitrogens with two attached hydrogens (primary N) is 1. The molecule has 3 heterocycles. The second-order valence-electron chi connectivity index (χ2n) is 4.55. The molecule has 1 fully saturated rings. The Balaban J connectivity index is 0.000000595. The van der Waals surface area contributed by atoms with Gasteiger partial charge in [0.15, 0.2) is 0 Å². The monoisotopic (exact) mass is 612 g/mol. The number of halogens is 2. The van der Waals surface area contributed by atoms with Crippen LogP contribution in [-0.4, -0.2) is 75.3 Å². The van der Waals surface area contributed by atoms with E-state index in [1.165, 1.54) is 10.9 Å². The number of hydrogen-bond donors (Lipinski definition) is 5. The third-order valence-corrected chi connectivity index (χ3v) is 3.86. The van der Waals surface area contributed by atoms with Crippen LogP contribution in [0.1, 0.15) is 6.23 Å². The molecule has 2 aromatic heterocycles. The van der Waals surface area contributed by atoms with Crippen molar-refractivity contribution in [3.8, 4) is 0 Å². The van der Waals surface area contributed by atoms with Gasteiger partial charge in [0.25, 0.3) is 0 Å². The molecule has 2 aromatic rings. The van der Waals surface area contributed by atoms with Gasteiger partial charge in [-0.1, -0.05) is 0 Å². The Morgan fingerprint density at radius 3 is 2.65 bits per heavy atom. The summed E-state index contributed by atoms with van der Waals surface area (Å²) in [7, 11) is 9.75. The summed E-state index contributed by atoms with van der Waals surface area (Å²) < 4.78 is 7.52. The third kappa shape index (κ3) is 3.97. The molecule has 0 bridgehead atoms. The number of fused-ring (bicyclic) bond motifs is 1. The number of aliphatic hydroxyl groups excluding tert-OH is 3. The molecular formula is C10H13Cl2N5O4PtSe. The Bertz CT molecular complexity index is 731. The minimum absolute atomic E-state index is 0.180. The molecule has 0 saturated carbocycles. The van der Waals surface area contributed by atoms with Crippen LogP contribution in [0.2, 0.25) is 0 Å². The van der Waals surface area contributed by atoms with E-state index in [1.54, 1.807) is 0 Å². The van der Waals surface area contributed by atoms with E-state index >= 15 is 0 Å². The number of anilines is 1. The van der Waals surface area contributed by atoms with Gasteiger partial charge in [-0.3, -0.25) is 0 Å². The first-order valence-corrected chi connectivity index (χ1v) is 12.6. The summed E-state index contributed by atoms with van der Waals surface area (Å²) in [6, 6.07) is 0. The Hall–Kier alpha value is -0.0222. The van der Waals surface area contributed by atoms with Crippen LogP contribution in [0, 0.1) is 4.19 Å². The topological polar surface area (TPSA) is 142 Å². The standard InChI is InChI=1S/C10H13N5O4Se.2ClH.Pt/c11-10-13-7-4(8(20)14-10)12-2-15(7)9-6(18)5(17)3(1-16)19-9;;;/h2-3,5-6,9,16-18H,1H2,(H3,11,13,14,20);2*1H;/q;;;+2/p-2/t3-,5-,6-,9-;;;/m1.../s1. The molecular weight excluding hydrogens is 599 g/mol. The zero-order valence-electron chi connectivity index (χ0n) is 11.2. The van der Waals surface area contributed by atoms with Crippen molar-refractivity contribution in [2.75, 3.05) is 12.3 Å². The van der Waals surface area contributed by atoms with Gasteiger partial charge in [0, 0.05) is 0 Å². The maximum atomic E-state index is 10.0. The second-order valence-corrected chi connectivity index (χ2v) is 8.69. The SMILES string of the molecule is Nc1nc2c(ncn2[C@@H]2O[C@H](CO)[C@@H](O)[C@H]2O)c(=[Se])[nH]1.[Cl][Pt][Cl]. The molecule has 132 valence electrons. The third-order valence-electron chi connectivity index (χ3n) is 3.24. The van der Waals surface area contributed by atoms with Crippen molar-refractivity contribution < 1.29 is 36.5 Å². The molecule has 0 aliphatic carbocycles. The first kappa shape index (κ1) is 19.3. The van der Waals surface area contributed by atoms with Crippen LogP contribution in [0.15, 0.2) is 6.33 Å². The van der Waals surface area contributed by atoms with Gasteiger partial charge < -0.3 is 0 Å². The quantitative estimate of drug-likeness (QED) is 0.275. The normalized spacial score (nSPS) is 27.2. The molecule has 1 aliphatic heterocycles. The number of imidazole rings is 1. The van der Waals surface area contributed by atoms with E-state index in [4.69, 9.17) is 34.4 Å². The molecule has 9 nitrogen and oxygen atoms in total. The van der Waals surface area contributed by atoms with Crippen LogP contribution >= 0.6 is 18.8 Å². The summed E-state index contributed by atoms with van der Waals surface area (Å²) in [5.74, 6) is 0.180. The van der Waals surface area contributed by atoms with E-state index in [9.17, 15) is 10.2 Å². The van der Waals surface area contributed by atoms with Crippen LogP contribution in [0.4, 0.5) is 5.95 Å². The number of H-pyrrole nitrogens is 1. The molecule has 23 heavy (non-hydrogen) atoms. The zero-order valence-corrected chi connectivity index (χ0v) is 16.7. The summed E-state index contributed by atoms with van der Waals surface area (Å²) in [4.78, 5) is 11.1. The molecule has 4 atom stereocenters. The van der Waals surface area contributed by atoms with Gasteiger partial charge in [-0.25, -0.2) is 0 Å². The van der Waals surface area contributed by atoms with E-state index in [0.29, 0.717) is 15.4 Å². The maximum absolute atomic E-state index is 10.0. The average Bonchev–Trinajstić information content (AvgIpc) is 3.03. The molecule has 13 heteroatoms. The van der Waals surface area contributed by atoms with E-state index in [-0.39, 0.29) is 5.95 Å². The van der Waals surface area contributed by atoms with Crippen molar-refractivity contribution in [2.24, 2.45) is 0 Å². The number of aromatic amines is 1. The Morgan fingerprint density at radius 1 is 1.43 bits per heavy atom. The van der Waals surface area contributed by atoms with Gasteiger partial charge in [0.2, 0.25) is 0 Å². The van der Waals surface area contributed by atoms with Crippen LogP contribution in [-0.2, 0) is 21.2 Å². The molecule has 1 saturated heterocycles. The van der Waals surface area contributed by atoms with Gasteiger partial charge in [0.1, 0.15) is 0 Å². The Morgan fingerprint density at radius 2 is 2.09 bits per heavy atom. The molecule has 6 N–H and O–H groups in total. The second kappa shape index (κ2) is 8.38. The predicted octanol–water partition coefficient (Wildman–Crippen LogP) is -0.970. The molecule has 0 spiro atoms. The minimum atomic E-state index is -1.19. The van der Waals surface area contributed by atoms with Crippen LogP contribution < -0.4 is 5.73 Å². The zero-order chi connectivity index (χ0) is 17.1. The van der Waals surface area contributed by atoms with Crippen molar-refractivity contribution in [2.45, 2.75) is 24.5 Å². The van der Waals surface area contributed by atoms with Crippen molar-refractivity contribution in [1.82, 2.24) is 19.5 Å². The van der Waals surface area contributed by atoms with Gasteiger partial charge in [-0.15, -0.1) is 0 Å². The summed E-state index contributed by atoms with van der Waals surface area (Å²) in [6.07, 6.45) is -2.68. The van der Waals surface area contributed by atoms with E-state index < -0.39 is 47.6 Å². The number of ether oxygens (including phenoxy) is 1. The first-order valence-electron chi connectivity index (χ1n) is 6.11. The van der Waals surface area contributed by atoms with Crippen molar-refractivity contribution in [1.29, 1.82) is 0 Å². The number of aromatic nitrogens is 4. The van der Waals surface area contributed by atoms with E-state index in [2.05, 4.69) is 30.5 Å². The Labute approximate surface area is 154 Å². The summed E-state index contributed by atoms with van der Waals surface area (Å²) >= 11 is 2.31. The van der Waals surface area contributed by atoms with Crippen molar-refractivity contribution >= 4 is 51.5 Å². The molecule has 3 rings (SSSR count). The Kier molecular flexibility index (Phi) is 7.03. The molecule has 0 radical (unpaired) electrons. The summed E-state index contributed by atoms with van der Waals surface area (Å²) in [5, 5.41) is 28.9. The summed E-state index contributed by atoms with van der Waals surface area (Å²) in [5.41, 5.74) is 6.59. The molecule has 0 amide bonds. The van der Waals surface area contributed by atoms with Gasteiger partial charge >= 0.3 is 155 Å². The predicted molar refractivity (Wildman–Crippen MR) is 80.0 cm³/mol. The first-order chi connectivity index (χ1) is 10.9. The van der Waals surface area contributed by atoms with Gasteiger partial charge in [-0.05, 0) is 0 Å². The number of nitrogens with one attached hydrogen (secondary N) is 1. The molecule has 0 unspecified atom stereocenters. The number of aliphatic hydroxyl groups is 3. The van der Waals surface area contributed by atoms with Gasteiger partial charge in [-0.2, -0.15) is 0 Å². The fraction of sp³-hybridized carbons (Fsp3) is 0.500. The fourth-order valence-corrected chi connectivity index (χ4v) is 2.76. The van der Waals surface area contributed by atoms with E-state index in [0.717, 1.165) is 0 Å².